The minimum Gasteiger partial charge on any atom is -0.376 e. The van der Waals surface area contributed by atoms with Gasteiger partial charge in [0.15, 0.2) is 0 Å². The smallest absolute Gasteiger partial charge is 0.268 e. The van der Waals surface area contributed by atoms with Crippen molar-refractivity contribution in [3.8, 4) is 0 Å². The van der Waals surface area contributed by atoms with E-state index in [-0.39, 0.29) is 0 Å². The highest BCUT2D eigenvalue weighted by molar-refractivity contribution is 7.90. The standard InChI is InChI=1S/C20H23N3O2S/c1-22(2)20-14-23(19-6-4-3-5-18(19)20)26(24,25)17-8-7-15-9-11-21-12-10-16(15)13-17/h3-8,13-14,21H,9-12H2,1-2H3. The van der Waals surface area contributed by atoms with Crippen LogP contribution in [0.25, 0.3) is 10.9 Å². The van der Waals surface area contributed by atoms with Crippen molar-refractivity contribution < 1.29 is 8.42 Å². The molecule has 0 fully saturated rings. The monoisotopic (exact) mass is 369 g/mol. The van der Waals surface area contributed by atoms with E-state index in [1.54, 1.807) is 12.3 Å². The molecule has 0 bridgehead atoms. The van der Waals surface area contributed by atoms with Gasteiger partial charge in [-0.15, -0.1) is 0 Å². The number of nitrogens with zero attached hydrogens (tertiary/aromatic N) is 2. The Morgan fingerprint density at radius 1 is 1.00 bits per heavy atom. The minimum atomic E-state index is -3.65. The first-order valence-electron chi connectivity index (χ1n) is 8.84. The Kier molecular flexibility index (Phi) is 4.25. The first kappa shape index (κ1) is 17.1. The number of nitrogens with one attached hydrogen (secondary N) is 1. The van der Waals surface area contributed by atoms with Crippen molar-refractivity contribution in [3.63, 3.8) is 0 Å². The van der Waals surface area contributed by atoms with E-state index < -0.39 is 10.0 Å². The molecule has 26 heavy (non-hydrogen) atoms. The predicted molar refractivity (Wildman–Crippen MR) is 106 cm³/mol. The Hall–Kier alpha value is -2.31. The van der Waals surface area contributed by atoms with Crippen LogP contribution >= 0.6 is 0 Å². The third kappa shape index (κ3) is 2.79. The van der Waals surface area contributed by atoms with E-state index in [1.165, 1.54) is 9.54 Å². The normalized spacial score (nSPS) is 14.8. The fourth-order valence-corrected chi connectivity index (χ4v) is 5.03. The molecule has 0 amide bonds. The van der Waals surface area contributed by atoms with E-state index in [4.69, 9.17) is 0 Å². The van der Waals surface area contributed by atoms with Gasteiger partial charge < -0.3 is 10.2 Å². The van der Waals surface area contributed by atoms with Crippen LogP contribution in [0.5, 0.6) is 0 Å². The first-order valence-corrected chi connectivity index (χ1v) is 10.3. The lowest BCUT2D eigenvalue weighted by molar-refractivity contribution is 0.589. The zero-order chi connectivity index (χ0) is 18.3. The summed E-state index contributed by atoms with van der Waals surface area (Å²) in [6, 6.07) is 13.2. The molecule has 0 aliphatic carbocycles. The third-order valence-electron chi connectivity index (χ3n) is 5.02. The van der Waals surface area contributed by atoms with Crippen LogP contribution in [0.3, 0.4) is 0 Å². The molecular weight excluding hydrogens is 346 g/mol. The largest absolute Gasteiger partial charge is 0.376 e. The molecule has 1 aliphatic heterocycles. The summed E-state index contributed by atoms with van der Waals surface area (Å²) in [5, 5.41) is 4.29. The van der Waals surface area contributed by atoms with Gasteiger partial charge in [0.2, 0.25) is 0 Å². The second kappa shape index (κ2) is 6.45. The molecule has 136 valence electrons. The van der Waals surface area contributed by atoms with Crippen molar-refractivity contribution in [1.82, 2.24) is 9.29 Å². The van der Waals surface area contributed by atoms with Crippen LogP contribution in [0.15, 0.2) is 53.6 Å². The molecule has 4 rings (SSSR count). The maximum atomic E-state index is 13.4. The van der Waals surface area contributed by atoms with Crippen LogP contribution in [0.4, 0.5) is 5.69 Å². The number of para-hydroxylation sites is 1. The zero-order valence-corrected chi connectivity index (χ0v) is 15.9. The van der Waals surface area contributed by atoms with Gasteiger partial charge in [0, 0.05) is 25.7 Å². The third-order valence-corrected chi connectivity index (χ3v) is 6.69. The molecule has 0 saturated heterocycles. The lowest BCUT2D eigenvalue weighted by atomic mass is 10.0. The second-order valence-corrected chi connectivity index (χ2v) is 8.72. The highest BCUT2D eigenvalue weighted by Gasteiger charge is 2.23. The topological polar surface area (TPSA) is 54.3 Å². The Balaban J connectivity index is 1.88. The number of hydrogen-bond donors (Lipinski definition) is 1. The van der Waals surface area contributed by atoms with Crippen LogP contribution in [0.2, 0.25) is 0 Å². The van der Waals surface area contributed by atoms with E-state index in [9.17, 15) is 8.42 Å². The first-order chi connectivity index (χ1) is 12.5. The second-order valence-electron chi connectivity index (χ2n) is 6.91. The molecule has 2 aromatic carbocycles. The van der Waals surface area contributed by atoms with E-state index >= 15 is 0 Å². The summed E-state index contributed by atoms with van der Waals surface area (Å²) in [6.45, 7) is 1.82. The number of rotatable bonds is 3. The van der Waals surface area contributed by atoms with Gasteiger partial charge in [-0.3, -0.25) is 0 Å². The van der Waals surface area contributed by atoms with Gasteiger partial charge >= 0.3 is 0 Å². The minimum absolute atomic E-state index is 0.351. The van der Waals surface area contributed by atoms with Gasteiger partial charge in [-0.05, 0) is 55.3 Å². The van der Waals surface area contributed by atoms with Gasteiger partial charge in [0.25, 0.3) is 10.0 Å². The van der Waals surface area contributed by atoms with Crippen molar-refractivity contribution in [1.29, 1.82) is 0 Å². The van der Waals surface area contributed by atoms with E-state index in [2.05, 4.69) is 5.32 Å². The molecule has 6 heteroatoms. The number of fused-ring (bicyclic) bond motifs is 2. The van der Waals surface area contributed by atoms with Crippen LogP contribution < -0.4 is 10.2 Å². The molecular formula is C20H23N3O2S. The molecule has 0 saturated carbocycles. The molecule has 3 aromatic rings. The van der Waals surface area contributed by atoms with Crippen molar-refractivity contribution in [3.05, 3.63) is 59.8 Å². The maximum absolute atomic E-state index is 13.4. The van der Waals surface area contributed by atoms with Crippen LogP contribution in [-0.4, -0.2) is 39.6 Å². The molecule has 5 nitrogen and oxygen atoms in total. The van der Waals surface area contributed by atoms with E-state index in [0.717, 1.165) is 42.6 Å². The summed E-state index contributed by atoms with van der Waals surface area (Å²) in [4.78, 5) is 2.29. The van der Waals surface area contributed by atoms with E-state index in [1.807, 2.05) is 55.4 Å². The molecule has 2 heterocycles. The predicted octanol–water partition coefficient (Wildman–Crippen LogP) is 2.63. The molecule has 1 aliphatic rings. The van der Waals surface area contributed by atoms with Gasteiger partial charge in [0.1, 0.15) is 0 Å². The molecule has 0 unspecified atom stereocenters. The van der Waals surface area contributed by atoms with Crippen molar-refractivity contribution in [2.45, 2.75) is 17.7 Å². The summed E-state index contributed by atoms with van der Waals surface area (Å²) in [5.41, 5.74) is 3.96. The zero-order valence-electron chi connectivity index (χ0n) is 15.1. The number of benzene rings is 2. The molecule has 1 N–H and O–H groups in total. The average molecular weight is 369 g/mol. The molecule has 0 radical (unpaired) electrons. The molecule has 1 aromatic heterocycles. The Morgan fingerprint density at radius 3 is 2.50 bits per heavy atom. The SMILES string of the molecule is CN(C)c1cn(S(=O)(=O)c2ccc3c(c2)CCNCC3)c2ccccc12. The molecule has 0 spiro atoms. The summed E-state index contributed by atoms with van der Waals surface area (Å²) >= 11 is 0. The van der Waals surface area contributed by atoms with Crippen molar-refractivity contribution in [2.75, 3.05) is 32.1 Å². The maximum Gasteiger partial charge on any atom is 0.268 e. The fraction of sp³-hybridized carbons (Fsp3) is 0.300. The lowest BCUT2D eigenvalue weighted by Gasteiger charge is -2.11. The highest BCUT2D eigenvalue weighted by atomic mass is 32.2. The number of anilines is 1. The Labute approximate surface area is 154 Å². The number of aromatic nitrogens is 1. The lowest BCUT2D eigenvalue weighted by Crippen LogP contribution is -2.16. The van der Waals surface area contributed by atoms with E-state index in [0.29, 0.717) is 10.4 Å². The summed E-state index contributed by atoms with van der Waals surface area (Å²) < 4.78 is 28.2. The van der Waals surface area contributed by atoms with Gasteiger partial charge in [0.05, 0.1) is 16.1 Å². The summed E-state index contributed by atoms with van der Waals surface area (Å²) in [5.74, 6) is 0. The Morgan fingerprint density at radius 2 is 1.73 bits per heavy atom. The molecule has 0 atom stereocenters. The number of hydrogen-bond acceptors (Lipinski definition) is 4. The van der Waals surface area contributed by atoms with Crippen LogP contribution in [0, 0.1) is 0 Å². The van der Waals surface area contributed by atoms with Crippen molar-refractivity contribution in [2.24, 2.45) is 0 Å². The van der Waals surface area contributed by atoms with Gasteiger partial charge in [-0.1, -0.05) is 24.3 Å². The van der Waals surface area contributed by atoms with Gasteiger partial charge in [-0.2, -0.15) is 0 Å². The van der Waals surface area contributed by atoms with Crippen LogP contribution in [-0.2, 0) is 22.9 Å². The summed E-state index contributed by atoms with van der Waals surface area (Å²) in [6.07, 6.45) is 3.51. The quantitative estimate of drug-likeness (QED) is 0.771. The van der Waals surface area contributed by atoms with Gasteiger partial charge in [-0.25, -0.2) is 12.4 Å². The van der Waals surface area contributed by atoms with Crippen LogP contribution in [0.1, 0.15) is 11.1 Å². The summed E-state index contributed by atoms with van der Waals surface area (Å²) in [7, 11) is 0.195. The average Bonchev–Trinajstić information content (AvgIpc) is 2.87. The Bertz CT molecular complexity index is 1070. The van der Waals surface area contributed by atoms with Crippen molar-refractivity contribution >= 4 is 26.6 Å². The fourth-order valence-electron chi connectivity index (χ4n) is 3.61. The highest BCUT2D eigenvalue weighted by Crippen LogP contribution is 2.31.